The van der Waals surface area contributed by atoms with Crippen LogP contribution in [0.15, 0.2) is 30.6 Å². The van der Waals surface area contributed by atoms with E-state index in [9.17, 15) is 18.4 Å². The highest BCUT2D eigenvalue weighted by molar-refractivity contribution is 6.04. The number of aliphatic carboxylic acids is 1. The molecule has 11 heteroatoms. The molecule has 0 bridgehead atoms. The van der Waals surface area contributed by atoms with Crippen LogP contribution in [0.1, 0.15) is 34.7 Å². The summed E-state index contributed by atoms with van der Waals surface area (Å²) in [4.78, 5) is 23.6. The Morgan fingerprint density at radius 2 is 2.03 bits per heavy atom. The molecule has 1 amide bonds. The normalized spacial score (nSPS) is 11.9. The number of nitrogens with one attached hydrogen (secondary N) is 1. The summed E-state index contributed by atoms with van der Waals surface area (Å²) in [6.07, 6.45) is 2.61. The van der Waals surface area contributed by atoms with Gasteiger partial charge < -0.3 is 15.2 Å². The van der Waals surface area contributed by atoms with Crippen molar-refractivity contribution in [2.24, 2.45) is 0 Å². The highest BCUT2D eigenvalue weighted by Crippen LogP contribution is 2.22. The van der Waals surface area contributed by atoms with Crippen LogP contribution in [0.25, 0.3) is 0 Å². The molecule has 3 aromatic rings. The van der Waals surface area contributed by atoms with Crippen LogP contribution < -0.4 is 10.1 Å². The summed E-state index contributed by atoms with van der Waals surface area (Å²) in [5.74, 6) is -3.24. The minimum absolute atomic E-state index is 0.130. The minimum Gasteiger partial charge on any atom is -0.480 e. The summed E-state index contributed by atoms with van der Waals surface area (Å²) in [6.45, 7) is 4.65. The molecule has 158 valence electrons. The van der Waals surface area contributed by atoms with E-state index in [0.717, 1.165) is 6.07 Å². The summed E-state index contributed by atoms with van der Waals surface area (Å²) in [5.41, 5.74) is 1.66. The Morgan fingerprint density at radius 3 is 2.70 bits per heavy atom. The lowest BCUT2D eigenvalue weighted by atomic mass is 10.2. The maximum Gasteiger partial charge on any atom is 0.328 e. The molecule has 0 spiro atoms. The van der Waals surface area contributed by atoms with Gasteiger partial charge in [-0.2, -0.15) is 10.2 Å². The number of carbonyl (C=O) groups is 2. The van der Waals surface area contributed by atoms with E-state index < -0.39 is 29.6 Å². The van der Waals surface area contributed by atoms with Crippen molar-refractivity contribution in [3.05, 3.63) is 59.2 Å². The molecule has 1 unspecified atom stereocenters. The summed E-state index contributed by atoms with van der Waals surface area (Å²) < 4.78 is 34.6. The van der Waals surface area contributed by atoms with Crippen LogP contribution in [-0.4, -0.2) is 36.5 Å². The van der Waals surface area contributed by atoms with Gasteiger partial charge in [0.05, 0.1) is 28.8 Å². The second-order valence-electron chi connectivity index (χ2n) is 6.57. The van der Waals surface area contributed by atoms with Crippen LogP contribution in [0.4, 0.5) is 14.5 Å². The van der Waals surface area contributed by atoms with Crippen LogP contribution in [0.5, 0.6) is 5.75 Å². The van der Waals surface area contributed by atoms with E-state index in [1.807, 2.05) is 0 Å². The number of benzene rings is 1. The van der Waals surface area contributed by atoms with E-state index in [4.69, 9.17) is 9.84 Å². The van der Waals surface area contributed by atoms with Crippen LogP contribution >= 0.6 is 0 Å². The van der Waals surface area contributed by atoms with Gasteiger partial charge in [0, 0.05) is 12.3 Å². The van der Waals surface area contributed by atoms with Crippen LogP contribution in [0, 0.1) is 25.5 Å². The number of aromatic nitrogens is 4. The molecule has 0 saturated carbocycles. The summed E-state index contributed by atoms with van der Waals surface area (Å²) in [7, 11) is 0. The molecule has 2 aromatic heterocycles. The third kappa shape index (κ3) is 4.29. The zero-order valence-corrected chi connectivity index (χ0v) is 16.4. The second-order valence-corrected chi connectivity index (χ2v) is 6.57. The first-order valence-corrected chi connectivity index (χ1v) is 8.87. The number of aryl methyl sites for hydroxylation is 1. The lowest BCUT2D eigenvalue weighted by molar-refractivity contribution is -0.140. The number of carboxylic acid groups (broad SMARTS) is 1. The fraction of sp³-hybridized carbons (Fsp3) is 0.263. The van der Waals surface area contributed by atoms with Gasteiger partial charge in [0.1, 0.15) is 11.9 Å². The molecule has 1 aromatic carbocycles. The van der Waals surface area contributed by atoms with Crippen molar-refractivity contribution >= 4 is 17.6 Å². The number of ether oxygens (including phenoxy) is 1. The maximum atomic E-state index is 13.7. The van der Waals surface area contributed by atoms with Gasteiger partial charge in [0.25, 0.3) is 5.91 Å². The average Bonchev–Trinajstić information content (AvgIpc) is 3.27. The molecule has 0 radical (unpaired) electrons. The fourth-order valence-electron chi connectivity index (χ4n) is 2.69. The number of amides is 1. The molecule has 2 heterocycles. The Balaban J connectivity index is 1.72. The van der Waals surface area contributed by atoms with Gasteiger partial charge in [-0.25, -0.2) is 18.3 Å². The van der Waals surface area contributed by atoms with Gasteiger partial charge in [0.2, 0.25) is 0 Å². The average molecular weight is 419 g/mol. The van der Waals surface area contributed by atoms with Gasteiger partial charge in [-0.3, -0.25) is 9.48 Å². The van der Waals surface area contributed by atoms with Crippen molar-refractivity contribution in [1.82, 2.24) is 19.6 Å². The van der Waals surface area contributed by atoms with Crippen molar-refractivity contribution in [3.8, 4) is 5.75 Å². The molecule has 2 N–H and O–H groups in total. The smallest absolute Gasteiger partial charge is 0.328 e. The monoisotopic (exact) mass is 419 g/mol. The Labute approximate surface area is 169 Å². The predicted octanol–water partition coefficient (Wildman–Crippen LogP) is 2.91. The highest BCUT2D eigenvalue weighted by atomic mass is 19.1. The first kappa shape index (κ1) is 21.0. The van der Waals surface area contributed by atoms with Gasteiger partial charge in [-0.1, -0.05) is 0 Å². The number of carbonyl (C=O) groups excluding carboxylic acids is 1. The van der Waals surface area contributed by atoms with E-state index in [1.54, 1.807) is 13.8 Å². The maximum absolute atomic E-state index is 13.7. The van der Waals surface area contributed by atoms with Gasteiger partial charge in [0.15, 0.2) is 18.3 Å². The Morgan fingerprint density at radius 1 is 1.30 bits per heavy atom. The Bertz CT molecular complexity index is 1110. The molecule has 30 heavy (non-hydrogen) atoms. The van der Waals surface area contributed by atoms with E-state index in [1.165, 1.54) is 34.7 Å². The third-order valence-corrected chi connectivity index (χ3v) is 4.47. The fourth-order valence-corrected chi connectivity index (χ4v) is 2.69. The summed E-state index contributed by atoms with van der Waals surface area (Å²) >= 11 is 0. The van der Waals surface area contributed by atoms with E-state index in [0.29, 0.717) is 23.1 Å². The largest absolute Gasteiger partial charge is 0.480 e. The van der Waals surface area contributed by atoms with Gasteiger partial charge in [-0.05, 0) is 32.9 Å². The number of rotatable bonds is 7. The molecule has 0 aliphatic heterocycles. The van der Waals surface area contributed by atoms with Crippen molar-refractivity contribution in [2.45, 2.75) is 33.5 Å². The van der Waals surface area contributed by atoms with Crippen molar-refractivity contribution in [2.75, 3.05) is 5.32 Å². The number of carboxylic acids is 1. The predicted molar refractivity (Wildman–Crippen MR) is 101 cm³/mol. The van der Waals surface area contributed by atoms with Crippen LogP contribution in [-0.2, 0) is 11.5 Å². The topological polar surface area (TPSA) is 111 Å². The molecule has 0 saturated heterocycles. The first-order valence-electron chi connectivity index (χ1n) is 8.87. The molecular weight excluding hydrogens is 400 g/mol. The van der Waals surface area contributed by atoms with Crippen LogP contribution in [0.3, 0.4) is 0 Å². The molecule has 0 aliphatic carbocycles. The number of anilines is 1. The molecule has 1 atom stereocenters. The van der Waals surface area contributed by atoms with Gasteiger partial charge >= 0.3 is 5.97 Å². The van der Waals surface area contributed by atoms with Crippen molar-refractivity contribution < 1.29 is 28.2 Å². The Kier molecular flexibility index (Phi) is 5.81. The molecule has 9 nitrogen and oxygen atoms in total. The minimum atomic E-state index is -1.07. The highest BCUT2D eigenvalue weighted by Gasteiger charge is 2.19. The quantitative estimate of drug-likeness (QED) is 0.609. The van der Waals surface area contributed by atoms with E-state index >= 15 is 0 Å². The zero-order chi connectivity index (χ0) is 22.0. The molecule has 0 aliphatic rings. The van der Waals surface area contributed by atoms with Gasteiger partial charge in [-0.15, -0.1) is 0 Å². The summed E-state index contributed by atoms with van der Waals surface area (Å²) in [6, 6.07) is 2.06. The lowest BCUT2D eigenvalue weighted by Gasteiger charge is -2.09. The number of hydrogen-bond donors (Lipinski definition) is 2. The van der Waals surface area contributed by atoms with Crippen molar-refractivity contribution in [1.29, 1.82) is 0 Å². The number of hydrogen-bond acceptors (Lipinski definition) is 5. The standard InChI is InChI=1S/C19H19F2N5O4/c1-10-17(23-18(27)13-7-22-25(8-13)12(3)19(28)29)11(2)26(24-10)9-30-16-5-4-14(20)6-15(16)21/h4-8,12H,9H2,1-3H3,(H,23,27)(H,28,29). The molecular formula is C19H19F2N5O4. The zero-order valence-electron chi connectivity index (χ0n) is 16.4. The first-order chi connectivity index (χ1) is 14.2. The Hall–Kier alpha value is -3.76. The number of nitrogens with zero attached hydrogens (tertiary/aromatic N) is 4. The SMILES string of the molecule is Cc1nn(COc2ccc(F)cc2F)c(C)c1NC(=O)c1cnn(C(C)C(=O)O)c1. The van der Waals surface area contributed by atoms with Crippen LogP contribution in [0.2, 0.25) is 0 Å². The second kappa shape index (κ2) is 8.31. The van der Waals surface area contributed by atoms with E-state index in [2.05, 4.69) is 15.5 Å². The summed E-state index contributed by atoms with van der Waals surface area (Å²) in [5, 5.41) is 19.9. The van der Waals surface area contributed by atoms with Crippen molar-refractivity contribution in [3.63, 3.8) is 0 Å². The lowest BCUT2D eigenvalue weighted by Crippen LogP contribution is -2.16. The molecule has 3 rings (SSSR count). The van der Waals surface area contributed by atoms with E-state index in [-0.39, 0.29) is 18.0 Å². The number of halogens is 2. The third-order valence-electron chi connectivity index (χ3n) is 4.47. The molecule has 0 fully saturated rings.